The van der Waals surface area contributed by atoms with Gasteiger partial charge in [0.25, 0.3) is 0 Å². The fraction of sp³-hybridized carbons (Fsp3) is 0.611. The van der Waals surface area contributed by atoms with Gasteiger partial charge in [0.2, 0.25) is 15.9 Å². The summed E-state index contributed by atoms with van der Waals surface area (Å²) in [5, 5.41) is 3.52. The third kappa shape index (κ3) is 6.87. The average Bonchev–Trinajstić information content (AvgIpc) is 2.61. The molecular formula is C18H28ClN3O3S. The number of piperazine rings is 1. The molecule has 0 atom stereocenters. The molecule has 0 aromatic heterocycles. The van der Waals surface area contributed by atoms with Gasteiger partial charge in [-0.25, -0.2) is 8.42 Å². The summed E-state index contributed by atoms with van der Waals surface area (Å²) in [5.74, 6) is 0.158. The Morgan fingerprint density at radius 1 is 1.19 bits per heavy atom. The van der Waals surface area contributed by atoms with Gasteiger partial charge in [-0.1, -0.05) is 43.5 Å². The Morgan fingerprint density at radius 3 is 2.58 bits per heavy atom. The van der Waals surface area contributed by atoms with Crippen LogP contribution in [0, 0.1) is 0 Å². The molecule has 0 saturated carbocycles. The van der Waals surface area contributed by atoms with Crippen molar-refractivity contribution in [1.82, 2.24) is 14.5 Å². The van der Waals surface area contributed by atoms with Crippen LogP contribution in [0.2, 0.25) is 5.02 Å². The Labute approximate surface area is 161 Å². The van der Waals surface area contributed by atoms with E-state index < -0.39 is 10.0 Å². The van der Waals surface area contributed by atoms with Crippen LogP contribution in [0.15, 0.2) is 24.3 Å². The normalized spacial score (nSPS) is 16.5. The molecule has 6 nitrogen and oxygen atoms in total. The Bertz CT molecular complexity index is 689. The third-order valence-corrected chi connectivity index (χ3v) is 6.67. The van der Waals surface area contributed by atoms with Crippen LogP contribution in [0.4, 0.5) is 0 Å². The van der Waals surface area contributed by atoms with Crippen molar-refractivity contribution in [2.45, 2.75) is 32.7 Å². The Hall–Kier alpha value is -1.15. The fourth-order valence-electron chi connectivity index (χ4n) is 2.94. The fourth-order valence-corrected chi connectivity index (χ4v) is 4.70. The first-order chi connectivity index (χ1) is 12.4. The first-order valence-corrected chi connectivity index (χ1v) is 11.1. The van der Waals surface area contributed by atoms with Gasteiger partial charge >= 0.3 is 0 Å². The number of hydrogen-bond acceptors (Lipinski definition) is 4. The topological polar surface area (TPSA) is 69.7 Å². The number of nitrogens with one attached hydrogen (secondary N) is 1. The minimum absolute atomic E-state index is 0.0655. The van der Waals surface area contributed by atoms with Crippen molar-refractivity contribution in [3.8, 4) is 0 Å². The lowest BCUT2D eigenvalue weighted by atomic mass is 10.2. The molecule has 1 amide bonds. The quantitative estimate of drug-likeness (QED) is 0.643. The number of carbonyl (C=O) groups excluding carboxylic acids is 1. The molecule has 1 aromatic carbocycles. The second-order valence-electron chi connectivity index (χ2n) is 6.60. The SMILES string of the molecule is CCCCCS(=O)(=O)N1CCN(CC(=O)NCc2cccc(Cl)c2)CC1. The van der Waals surface area contributed by atoms with Gasteiger partial charge < -0.3 is 5.32 Å². The van der Waals surface area contributed by atoms with Crippen LogP contribution >= 0.6 is 11.6 Å². The summed E-state index contributed by atoms with van der Waals surface area (Å²) in [4.78, 5) is 14.1. The van der Waals surface area contributed by atoms with E-state index in [1.807, 2.05) is 23.1 Å². The van der Waals surface area contributed by atoms with Crippen molar-refractivity contribution >= 4 is 27.5 Å². The second kappa shape index (κ2) is 10.3. The van der Waals surface area contributed by atoms with Crippen LogP contribution in [0.1, 0.15) is 31.7 Å². The maximum Gasteiger partial charge on any atom is 0.234 e. The standard InChI is InChI=1S/C18H28ClN3O3S/c1-2-3-4-12-26(24,25)22-10-8-21(9-11-22)15-18(23)20-14-16-6-5-7-17(19)13-16/h5-7,13H,2-4,8-12,14-15H2,1H3,(H,20,23). The lowest BCUT2D eigenvalue weighted by molar-refractivity contribution is -0.122. The monoisotopic (exact) mass is 401 g/mol. The summed E-state index contributed by atoms with van der Waals surface area (Å²) in [5.41, 5.74) is 0.953. The minimum atomic E-state index is -3.16. The number of rotatable bonds is 9. The molecule has 1 aliphatic rings. The van der Waals surface area contributed by atoms with Gasteiger partial charge in [0, 0.05) is 37.7 Å². The highest BCUT2D eigenvalue weighted by Crippen LogP contribution is 2.11. The smallest absolute Gasteiger partial charge is 0.234 e. The molecule has 0 spiro atoms. The average molecular weight is 402 g/mol. The molecule has 26 heavy (non-hydrogen) atoms. The van der Waals surface area contributed by atoms with Crippen LogP contribution in [-0.4, -0.2) is 62.0 Å². The zero-order chi connectivity index (χ0) is 19.0. The number of sulfonamides is 1. The number of amides is 1. The van der Waals surface area contributed by atoms with E-state index in [0.717, 1.165) is 18.4 Å². The van der Waals surface area contributed by atoms with Crippen molar-refractivity contribution in [3.63, 3.8) is 0 Å². The first kappa shape index (κ1) is 21.2. The molecular weight excluding hydrogens is 374 g/mol. The van der Waals surface area contributed by atoms with Crippen molar-refractivity contribution in [3.05, 3.63) is 34.9 Å². The molecule has 0 unspecified atom stereocenters. The van der Waals surface area contributed by atoms with Crippen LogP contribution in [0.25, 0.3) is 0 Å². The number of unbranched alkanes of at least 4 members (excludes halogenated alkanes) is 2. The number of halogens is 1. The van der Waals surface area contributed by atoms with E-state index in [1.54, 1.807) is 10.4 Å². The first-order valence-electron chi connectivity index (χ1n) is 9.12. The Kier molecular flexibility index (Phi) is 8.34. The predicted octanol–water partition coefficient (Wildman–Crippen LogP) is 2.09. The lowest BCUT2D eigenvalue weighted by Crippen LogP contribution is -2.51. The van der Waals surface area contributed by atoms with Crippen molar-refractivity contribution < 1.29 is 13.2 Å². The van der Waals surface area contributed by atoms with Crippen molar-refractivity contribution in [1.29, 1.82) is 0 Å². The van der Waals surface area contributed by atoms with Gasteiger partial charge in [0.05, 0.1) is 12.3 Å². The zero-order valence-corrected chi connectivity index (χ0v) is 16.9. The van der Waals surface area contributed by atoms with E-state index in [0.29, 0.717) is 44.2 Å². The zero-order valence-electron chi connectivity index (χ0n) is 15.3. The molecule has 146 valence electrons. The number of hydrogen-bond donors (Lipinski definition) is 1. The summed E-state index contributed by atoms with van der Waals surface area (Å²) >= 11 is 5.93. The summed E-state index contributed by atoms with van der Waals surface area (Å²) in [7, 11) is -3.16. The molecule has 1 fully saturated rings. The van der Waals surface area contributed by atoms with Gasteiger partial charge in [-0.2, -0.15) is 4.31 Å². The van der Waals surface area contributed by atoms with Gasteiger partial charge in [-0.15, -0.1) is 0 Å². The molecule has 0 bridgehead atoms. The maximum atomic E-state index is 12.3. The van der Waals surface area contributed by atoms with E-state index in [1.165, 1.54) is 0 Å². The van der Waals surface area contributed by atoms with Crippen LogP contribution in [-0.2, 0) is 21.4 Å². The largest absolute Gasteiger partial charge is 0.351 e. The molecule has 8 heteroatoms. The highest BCUT2D eigenvalue weighted by Gasteiger charge is 2.27. The minimum Gasteiger partial charge on any atom is -0.351 e. The molecule has 1 heterocycles. The number of carbonyl (C=O) groups is 1. The molecule has 0 aliphatic carbocycles. The van der Waals surface area contributed by atoms with Gasteiger partial charge in [0.15, 0.2) is 0 Å². The molecule has 1 aromatic rings. The Balaban J connectivity index is 1.71. The van der Waals surface area contributed by atoms with E-state index in [9.17, 15) is 13.2 Å². The van der Waals surface area contributed by atoms with E-state index in [-0.39, 0.29) is 18.2 Å². The highest BCUT2D eigenvalue weighted by molar-refractivity contribution is 7.89. The van der Waals surface area contributed by atoms with Crippen LogP contribution in [0.5, 0.6) is 0 Å². The van der Waals surface area contributed by atoms with E-state index in [4.69, 9.17) is 11.6 Å². The lowest BCUT2D eigenvalue weighted by Gasteiger charge is -2.33. The summed E-state index contributed by atoms with van der Waals surface area (Å²) < 4.78 is 26.1. The summed E-state index contributed by atoms with van der Waals surface area (Å²) in [6, 6.07) is 7.38. The molecule has 1 N–H and O–H groups in total. The van der Waals surface area contributed by atoms with Crippen LogP contribution < -0.4 is 5.32 Å². The van der Waals surface area contributed by atoms with Gasteiger partial charge in [-0.3, -0.25) is 9.69 Å². The second-order valence-corrected chi connectivity index (χ2v) is 9.13. The van der Waals surface area contributed by atoms with Crippen molar-refractivity contribution in [2.75, 3.05) is 38.5 Å². The Morgan fingerprint density at radius 2 is 1.92 bits per heavy atom. The summed E-state index contributed by atoms with van der Waals surface area (Å²) in [6.07, 6.45) is 2.66. The maximum absolute atomic E-state index is 12.3. The number of nitrogens with zero attached hydrogens (tertiary/aromatic N) is 2. The van der Waals surface area contributed by atoms with Gasteiger partial charge in [0.1, 0.15) is 0 Å². The molecule has 1 saturated heterocycles. The highest BCUT2D eigenvalue weighted by atomic mass is 35.5. The molecule has 0 radical (unpaired) electrons. The molecule has 2 rings (SSSR count). The van der Waals surface area contributed by atoms with E-state index >= 15 is 0 Å². The predicted molar refractivity (Wildman–Crippen MR) is 105 cm³/mol. The number of benzene rings is 1. The van der Waals surface area contributed by atoms with Crippen LogP contribution in [0.3, 0.4) is 0 Å². The van der Waals surface area contributed by atoms with E-state index in [2.05, 4.69) is 12.2 Å². The summed E-state index contributed by atoms with van der Waals surface area (Å²) in [6.45, 7) is 4.85. The molecule has 1 aliphatic heterocycles. The van der Waals surface area contributed by atoms with Crippen molar-refractivity contribution in [2.24, 2.45) is 0 Å². The van der Waals surface area contributed by atoms with Gasteiger partial charge in [-0.05, 0) is 24.1 Å². The third-order valence-electron chi connectivity index (χ3n) is 4.48.